The summed E-state index contributed by atoms with van der Waals surface area (Å²) in [6.07, 6.45) is 4.98. The van der Waals surface area contributed by atoms with E-state index in [1.807, 2.05) is 12.1 Å². The van der Waals surface area contributed by atoms with Gasteiger partial charge in [0.2, 0.25) is 0 Å². The first-order chi connectivity index (χ1) is 12.6. The fraction of sp³-hybridized carbons (Fsp3) is 0.550. The molecule has 2 heterocycles. The summed E-state index contributed by atoms with van der Waals surface area (Å²) in [4.78, 5) is 25.6. The van der Waals surface area contributed by atoms with E-state index in [1.165, 1.54) is 4.68 Å². The Bertz CT molecular complexity index is 836. The molecule has 0 spiro atoms. The first kappa shape index (κ1) is 21.4. The van der Waals surface area contributed by atoms with E-state index in [9.17, 15) is 9.59 Å². The van der Waals surface area contributed by atoms with Crippen molar-refractivity contribution in [3.63, 3.8) is 0 Å². The molecule has 1 fully saturated rings. The zero-order valence-electron chi connectivity index (χ0n) is 16.0. The number of benzene rings is 1. The maximum Gasteiger partial charge on any atom is 0.274 e. The molecule has 7 heteroatoms. The second-order valence-electron chi connectivity index (χ2n) is 7.09. The molecule has 1 aromatic carbocycles. The summed E-state index contributed by atoms with van der Waals surface area (Å²) in [5, 5.41) is 12.1. The van der Waals surface area contributed by atoms with Crippen molar-refractivity contribution in [1.29, 1.82) is 0 Å². The second kappa shape index (κ2) is 9.85. The van der Waals surface area contributed by atoms with Crippen LogP contribution in [0.5, 0.6) is 0 Å². The molecular formula is C20H29ClN4O2. The summed E-state index contributed by atoms with van der Waals surface area (Å²) < 4.78 is 1.45. The number of piperidine rings is 1. The van der Waals surface area contributed by atoms with Crippen LogP contribution in [0.15, 0.2) is 29.1 Å². The van der Waals surface area contributed by atoms with Gasteiger partial charge in [0.15, 0.2) is 5.69 Å². The molecule has 1 amide bonds. The second-order valence-corrected chi connectivity index (χ2v) is 7.09. The molecule has 2 aromatic rings. The van der Waals surface area contributed by atoms with Gasteiger partial charge in [0.05, 0.1) is 5.39 Å². The molecule has 1 aromatic heterocycles. The highest BCUT2D eigenvalue weighted by molar-refractivity contribution is 6.04. The third-order valence-electron chi connectivity index (χ3n) is 5.13. The van der Waals surface area contributed by atoms with E-state index in [0.717, 1.165) is 38.6 Å². The number of hydrogen-bond acceptors (Lipinski definition) is 4. The first-order valence-electron chi connectivity index (χ1n) is 9.66. The minimum atomic E-state index is -0.203. The van der Waals surface area contributed by atoms with Gasteiger partial charge in [-0.05, 0) is 38.8 Å². The number of halogens is 1. The zero-order chi connectivity index (χ0) is 18.5. The quantitative estimate of drug-likeness (QED) is 0.741. The number of carbonyl (C=O) groups is 1. The van der Waals surface area contributed by atoms with Crippen molar-refractivity contribution in [3.8, 4) is 0 Å². The zero-order valence-corrected chi connectivity index (χ0v) is 16.8. The summed E-state index contributed by atoms with van der Waals surface area (Å²) in [5.41, 5.74) is 0.218. The van der Waals surface area contributed by atoms with Crippen molar-refractivity contribution in [3.05, 3.63) is 40.3 Å². The van der Waals surface area contributed by atoms with Crippen LogP contribution in [0.25, 0.3) is 10.8 Å². The monoisotopic (exact) mass is 392 g/mol. The number of rotatable bonds is 6. The molecule has 3 rings (SSSR count). The van der Waals surface area contributed by atoms with Crippen LogP contribution >= 0.6 is 12.4 Å². The van der Waals surface area contributed by atoms with Crippen LogP contribution in [-0.2, 0) is 6.54 Å². The molecule has 1 aliphatic rings. The largest absolute Gasteiger partial charge is 0.346 e. The van der Waals surface area contributed by atoms with E-state index in [1.54, 1.807) is 12.1 Å². The van der Waals surface area contributed by atoms with E-state index in [0.29, 0.717) is 23.0 Å². The van der Waals surface area contributed by atoms with Crippen molar-refractivity contribution in [2.45, 2.75) is 64.6 Å². The van der Waals surface area contributed by atoms with Gasteiger partial charge in [0.1, 0.15) is 0 Å². The fourth-order valence-corrected chi connectivity index (χ4v) is 3.54. The number of aromatic nitrogens is 2. The van der Waals surface area contributed by atoms with Crippen molar-refractivity contribution < 1.29 is 4.79 Å². The average molecular weight is 393 g/mol. The summed E-state index contributed by atoms with van der Waals surface area (Å²) in [7, 11) is 0. The molecule has 0 bridgehead atoms. The number of amides is 1. The van der Waals surface area contributed by atoms with Gasteiger partial charge in [0, 0.05) is 24.0 Å². The van der Waals surface area contributed by atoms with Gasteiger partial charge in [0.25, 0.3) is 11.5 Å². The number of nitrogens with one attached hydrogen (secondary N) is 2. The third kappa shape index (κ3) is 4.87. The number of hydrogen-bond donors (Lipinski definition) is 2. The van der Waals surface area contributed by atoms with Crippen LogP contribution in [0.4, 0.5) is 0 Å². The number of aryl methyl sites for hydroxylation is 1. The van der Waals surface area contributed by atoms with Crippen LogP contribution < -0.4 is 16.2 Å². The van der Waals surface area contributed by atoms with Gasteiger partial charge in [-0.3, -0.25) is 9.59 Å². The Labute approximate surface area is 166 Å². The van der Waals surface area contributed by atoms with Gasteiger partial charge < -0.3 is 10.6 Å². The summed E-state index contributed by atoms with van der Waals surface area (Å²) in [6.45, 7) is 5.73. The van der Waals surface area contributed by atoms with E-state index in [-0.39, 0.29) is 36.0 Å². The van der Waals surface area contributed by atoms with E-state index >= 15 is 0 Å². The highest BCUT2D eigenvalue weighted by Crippen LogP contribution is 2.15. The molecule has 1 saturated heterocycles. The lowest BCUT2D eigenvalue weighted by molar-refractivity contribution is 0.0914. The van der Waals surface area contributed by atoms with Crippen LogP contribution in [0.3, 0.4) is 0 Å². The molecule has 2 N–H and O–H groups in total. The van der Waals surface area contributed by atoms with E-state index in [2.05, 4.69) is 29.6 Å². The predicted molar refractivity (Wildman–Crippen MR) is 111 cm³/mol. The molecule has 1 aliphatic heterocycles. The lowest BCUT2D eigenvalue weighted by atomic mass is 9.99. The van der Waals surface area contributed by atoms with Crippen LogP contribution in [0, 0.1) is 0 Å². The Morgan fingerprint density at radius 3 is 2.74 bits per heavy atom. The van der Waals surface area contributed by atoms with Crippen molar-refractivity contribution >= 4 is 29.1 Å². The highest BCUT2D eigenvalue weighted by Gasteiger charge is 2.25. The van der Waals surface area contributed by atoms with Gasteiger partial charge in [-0.25, -0.2) is 4.68 Å². The summed E-state index contributed by atoms with van der Waals surface area (Å²) in [5.74, 6) is -0.203. The normalized spacial score (nSPS) is 19.5. The standard InChI is InChI=1S/C20H28N4O2.ClH/c1-3-4-7-13-24-20(26)16-10-6-5-9-15(16)18(23-24)19(25)22-17-11-8-12-21-14(17)2;/h5-6,9-10,14,17,21H,3-4,7-8,11-13H2,1-2H3,(H,22,25);1H. The smallest absolute Gasteiger partial charge is 0.274 e. The minimum Gasteiger partial charge on any atom is -0.346 e. The molecule has 148 valence electrons. The third-order valence-corrected chi connectivity index (χ3v) is 5.13. The predicted octanol–water partition coefficient (Wildman–Crippen LogP) is 2.88. The number of carbonyl (C=O) groups excluding carboxylic acids is 1. The summed E-state index contributed by atoms with van der Waals surface area (Å²) >= 11 is 0. The van der Waals surface area contributed by atoms with Gasteiger partial charge in [-0.2, -0.15) is 5.10 Å². The lowest BCUT2D eigenvalue weighted by Crippen LogP contribution is -2.52. The molecule has 2 unspecified atom stereocenters. The van der Waals surface area contributed by atoms with Crippen LogP contribution in [0.1, 0.15) is 56.4 Å². The molecular weight excluding hydrogens is 364 g/mol. The summed E-state index contributed by atoms with van der Waals surface area (Å²) in [6, 6.07) is 7.56. The maximum absolute atomic E-state index is 12.9. The number of nitrogens with zero attached hydrogens (tertiary/aromatic N) is 2. The van der Waals surface area contributed by atoms with Gasteiger partial charge in [-0.15, -0.1) is 12.4 Å². The molecule has 2 atom stereocenters. The fourth-order valence-electron chi connectivity index (χ4n) is 3.54. The molecule has 6 nitrogen and oxygen atoms in total. The van der Waals surface area contributed by atoms with Crippen molar-refractivity contribution in [1.82, 2.24) is 20.4 Å². The first-order valence-corrected chi connectivity index (χ1v) is 9.66. The molecule has 0 aliphatic carbocycles. The topological polar surface area (TPSA) is 76.0 Å². The van der Waals surface area contributed by atoms with Crippen LogP contribution in [0.2, 0.25) is 0 Å². The SMILES string of the molecule is CCCCCn1nc(C(=O)NC2CCCNC2C)c2ccccc2c1=O.Cl. The Hall–Kier alpha value is -1.92. The van der Waals surface area contributed by atoms with E-state index < -0.39 is 0 Å². The van der Waals surface area contributed by atoms with Crippen molar-refractivity contribution in [2.24, 2.45) is 0 Å². The minimum absolute atomic E-state index is 0. The van der Waals surface area contributed by atoms with Crippen molar-refractivity contribution in [2.75, 3.05) is 6.54 Å². The maximum atomic E-state index is 12.9. The number of fused-ring (bicyclic) bond motifs is 1. The Balaban J connectivity index is 0.00000261. The Kier molecular flexibility index (Phi) is 7.80. The average Bonchev–Trinajstić information content (AvgIpc) is 2.65. The van der Waals surface area contributed by atoms with Crippen LogP contribution in [-0.4, -0.2) is 34.3 Å². The van der Waals surface area contributed by atoms with Gasteiger partial charge >= 0.3 is 0 Å². The number of unbranched alkanes of at least 4 members (excludes halogenated alkanes) is 2. The Morgan fingerprint density at radius 2 is 2.04 bits per heavy atom. The van der Waals surface area contributed by atoms with Gasteiger partial charge in [-0.1, -0.05) is 38.0 Å². The molecule has 27 heavy (non-hydrogen) atoms. The van der Waals surface area contributed by atoms with E-state index in [4.69, 9.17) is 0 Å². The lowest BCUT2D eigenvalue weighted by Gasteiger charge is -2.30. The highest BCUT2D eigenvalue weighted by atomic mass is 35.5. The Morgan fingerprint density at radius 1 is 1.30 bits per heavy atom. The molecule has 0 radical (unpaired) electrons. The molecule has 0 saturated carbocycles.